The maximum absolute atomic E-state index is 10.3. The predicted molar refractivity (Wildman–Crippen MR) is 304 cm³/mol. The minimum absolute atomic E-state index is 0. The highest BCUT2D eigenvalue weighted by atomic mass is 16.6. The molecule has 18 heteroatoms. The zero-order valence-corrected chi connectivity index (χ0v) is 43.8. The second kappa shape index (κ2) is 27.3. The van der Waals surface area contributed by atoms with E-state index in [1.807, 2.05) is 109 Å². The van der Waals surface area contributed by atoms with Crippen molar-refractivity contribution in [3.05, 3.63) is 145 Å². The standard InChI is InChI=1S/C30H30N4O5.C27H23N3O5.C3H7N.CH4/c1-36-26-6-3-4-7-27(26)39-23-10-8-21(9-11-23)33-30-20(16-31)17-32-25-15-29(28(37-2)14-24(25)30)38-19-22(35)18-34-12-5-13-34;1-31-23-5-3-4-6-24(23)35-19-9-7-18(8-10-19)30-27-17(13-28)14-29-22-12-26(34-16-20-15-33-20)25(32-2)11-21(22)27;1-2-4-3-1;/h3-4,6-11,14-15,17,22,35H,5,12-13,18-19H2,1-2H3,(H,32,33);3-12,14,20H,15-16H2,1-2H3,(H,29,30);4H,1-3H2;1H4/t22-;20-;;/m00../s1. The van der Waals surface area contributed by atoms with Gasteiger partial charge in [0.25, 0.3) is 0 Å². The van der Waals surface area contributed by atoms with Gasteiger partial charge in [0, 0.05) is 53.2 Å². The lowest BCUT2D eigenvalue weighted by molar-refractivity contribution is 0.0460. The number of likely N-dealkylation sites (tertiary alicyclic amines) is 1. The zero-order chi connectivity index (χ0) is 54.2. The van der Waals surface area contributed by atoms with Gasteiger partial charge in [0.05, 0.1) is 68.6 Å². The van der Waals surface area contributed by atoms with E-state index in [2.05, 4.69) is 43.0 Å². The number of nitrogens with zero attached hydrogens (tertiary/aromatic N) is 5. The quantitative estimate of drug-likeness (QED) is 0.0521. The van der Waals surface area contributed by atoms with Crippen molar-refractivity contribution in [3.8, 4) is 69.6 Å². The van der Waals surface area contributed by atoms with Crippen LogP contribution in [0.1, 0.15) is 31.4 Å². The van der Waals surface area contributed by atoms with Crippen molar-refractivity contribution in [3.63, 3.8) is 0 Å². The van der Waals surface area contributed by atoms with Crippen molar-refractivity contribution in [2.45, 2.75) is 32.5 Å². The van der Waals surface area contributed by atoms with Crippen molar-refractivity contribution in [2.75, 3.05) is 91.6 Å². The van der Waals surface area contributed by atoms with Crippen LogP contribution in [-0.2, 0) is 4.74 Å². The number of benzene rings is 6. The molecule has 79 heavy (non-hydrogen) atoms. The third kappa shape index (κ3) is 14.5. The third-order valence-corrected chi connectivity index (χ3v) is 12.8. The molecule has 0 bridgehead atoms. The molecule has 5 heterocycles. The number of hydrogen-bond donors (Lipinski definition) is 4. The van der Waals surface area contributed by atoms with Crippen LogP contribution in [0.15, 0.2) is 134 Å². The predicted octanol–water partition coefficient (Wildman–Crippen LogP) is 11.2. The molecule has 0 radical (unpaired) electrons. The number of nitrogens with one attached hydrogen (secondary N) is 3. The number of fused-ring (bicyclic) bond motifs is 2. The van der Waals surface area contributed by atoms with Crippen LogP contribution in [-0.4, -0.2) is 113 Å². The first-order valence-electron chi connectivity index (χ1n) is 25.4. The number of para-hydroxylation sites is 4. The normalized spacial score (nSPS) is 14.2. The minimum atomic E-state index is -0.605. The van der Waals surface area contributed by atoms with Crippen LogP contribution < -0.4 is 53.8 Å². The summed E-state index contributed by atoms with van der Waals surface area (Å²) in [7, 11) is 6.34. The molecule has 4 N–H and O–H groups in total. The van der Waals surface area contributed by atoms with E-state index in [1.54, 1.807) is 46.8 Å². The Hall–Kier alpha value is -9.04. The molecule has 11 rings (SSSR count). The molecular weight excluding hydrogens is 1000 g/mol. The molecule has 0 amide bonds. The van der Waals surface area contributed by atoms with Crippen LogP contribution in [0.2, 0.25) is 0 Å². The molecule has 18 nitrogen and oxygen atoms in total. The van der Waals surface area contributed by atoms with Crippen molar-refractivity contribution in [1.29, 1.82) is 10.5 Å². The van der Waals surface area contributed by atoms with Gasteiger partial charge in [-0.3, -0.25) is 9.97 Å². The molecule has 6 aromatic carbocycles. The Morgan fingerprint density at radius 1 is 0.620 bits per heavy atom. The summed E-state index contributed by atoms with van der Waals surface area (Å²) in [6.07, 6.45) is 5.14. The number of anilines is 4. The maximum atomic E-state index is 10.3. The van der Waals surface area contributed by atoms with E-state index in [4.69, 9.17) is 42.6 Å². The van der Waals surface area contributed by atoms with E-state index in [-0.39, 0.29) is 20.1 Å². The lowest BCUT2D eigenvalue weighted by Crippen LogP contribution is -2.43. The minimum Gasteiger partial charge on any atom is -0.493 e. The fraction of sp³-hybridized carbons (Fsp3) is 0.279. The largest absolute Gasteiger partial charge is 0.493 e. The lowest BCUT2D eigenvalue weighted by atomic mass is 10.1. The Labute approximate surface area is 459 Å². The first-order chi connectivity index (χ1) is 38.2. The Morgan fingerprint density at radius 3 is 1.43 bits per heavy atom. The zero-order valence-electron chi connectivity index (χ0n) is 43.8. The van der Waals surface area contributed by atoms with Gasteiger partial charge >= 0.3 is 0 Å². The number of rotatable bonds is 20. The molecule has 408 valence electrons. The highest BCUT2D eigenvalue weighted by molar-refractivity contribution is 5.98. The molecule has 8 aromatic rings. The monoisotopic (exact) mass is 1070 g/mol. The number of pyridine rings is 2. The van der Waals surface area contributed by atoms with Gasteiger partial charge in [0.1, 0.15) is 49.1 Å². The van der Waals surface area contributed by atoms with Gasteiger partial charge < -0.3 is 68.6 Å². The number of aliphatic hydroxyl groups excluding tert-OH is 1. The topological polar surface area (TPSA) is 219 Å². The number of aliphatic hydroxyl groups is 1. The fourth-order valence-electron chi connectivity index (χ4n) is 8.17. The summed E-state index contributed by atoms with van der Waals surface area (Å²) in [5.41, 5.74) is 4.88. The second-order valence-electron chi connectivity index (χ2n) is 18.2. The Morgan fingerprint density at radius 2 is 1.05 bits per heavy atom. The first kappa shape index (κ1) is 56.2. The molecule has 0 aliphatic carbocycles. The van der Waals surface area contributed by atoms with E-state index in [0.717, 1.165) is 29.9 Å². The molecule has 0 unspecified atom stereocenters. The van der Waals surface area contributed by atoms with Crippen LogP contribution in [0, 0.1) is 22.7 Å². The number of aromatic nitrogens is 2. The van der Waals surface area contributed by atoms with Crippen LogP contribution >= 0.6 is 0 Å². The Balaban J connectivity index is 0.000000193. The summed E-state index contributed by atoms with van der Waals surface area (Å²) < 4.78 is 50.7. The van der Waals surface area contributed by atoms with Crippen LogP contribution in [0.25, 0.3) is 21.8 Å². The van der Waals surface area contributed by atoms with Crippen LogP contribution in [0.5, 0.6) is 57.5 Å². The molecule has 2 aromatic heterocycles. The summed E-state index contributed by atoms with van der Waals surface area (Å²) >= 11 is 0. The number of methoxy groups -OCH3 is 4. The van der Waals surface area contributed by atoms with Gasteiger partial charge in [-0.15, -0.1) is 0 Å². The van der Waals surface area contributed by atoms with E-state index < -0.39 is 6.10 Å². The summed E-state index contributed by atoms with van der Waals surface area (Å²) in [5, 5.41) is 41.1. The molecule has 0 saturated carbocycles. The van der Waals surface area contributed by atoms with Crippen LogP contribution in [0.4, 0.5) is 22.7 Å². The molecule has 3 aliphatic rings. The SMILES string of the molecule is C.C1CNC1.COc1cc2c(Nc3ccc(Oc4ccccc4OC)cc3)c(C#N)cnc2cc1OC[C@@H](O)CN1CCC1.COc1cc2c(Nc3ccc(Oc4ccccc4OC)cc3)c(C#N)cnc2cc1OC[C@@H]1CO1. The Bertz CT molecular complexity index is 3390. The highest BCUT2D eigenvalue weighted by Gasteiger charge is 2.25. The van der Waals surface area contributed by atoms with Gasteiger partial charge in [0.2, 0.25) is 0 Å². The molecule has 0 spiro atoms. The molecular formula is C61H64N8O10. The van der Waals surface area contributed by atoms with Gasteiger partial charge in [-0.2, -0.15) is 10.5 Å². The number of ether oxygens (including phenoxy) is 9. The number of epoxide rings is 1. The molecule has 2 atom stereocenters. The van der Waals surface area contributed by atoms with Crippen molar-refractivity contribution in [1.82, 2.24) is 20.2 Å². The van der Waals surface area contributed by atoms with E-state index in [0.29, 0.717) is 116 Å². The van der Waals surface area contributed by atoms with Gasteiger partial charge in [0.15, 0.2) is 46.0 Å². The second-order valence-corrected chi connectivity index (χ2v) is 18.2. The molecule has 3 fully saturated rings. The molecule has 3 saturated heterocycles. The van der Waals surface area contributed by atoms with Gasteiger partial charge in [-0.1, -0.05) is 31.7 Å². The summed E-state index contributed by atoms with van der Waals surface area (Å²) in [6.45, 7) is 6.39. The fourth-order valence-corrected chi connectivity index (χ4v) is 8.17. The summed E-state index contributed by atoms with van der Waals surface area (Å²) in [4.78, 5) is 11.1. The van der Waals surface area contributed by atoms with Crippen molar-refractivity contribution in [2.24, 2.45) is 0 Å². The lowest BCUT2D eigenvalue weighted by Gasteiger charge is -2.32. The van der Waals surface area contributed by atoms with E-state index in [1.165, 1.54) is 32.1 Å². The van der Waals surface area contributed by atoms with Crippen molar-refractivity contribution < 1.29 is 47.7 Å². The summed E-state index contributed by atoms with van der Waals surface area (Å²) in [6, 6.07) is 41.4. The highest BCUT2D eigenvalue weighted by Crippen LogP contribution is 2.40. The molecule has 3 aliphatic heterocycles. The van der Waals surface area contributed by atoms with Gasteiger partial charge in [-0.25, -0.2) is 0 Å². The number of nitriles is 2. The van der Waals surface area contributed by atoms with Gasteiger partial charge in [-0.05, 0) is 124 Å². The van der Waals surface area contributed by atoms with E-state index in [9.17, 15) is 15.6 Å². The number of β-amino-alcohol motifs (C(OH)–C–C–N with tert-alkyl or cyclic N) is 1. The first-order valence-corrected chi connectivity index (χ1v) is 25.4. The third-order valence-electron chi connectivity index (χ3n) is 12.8. The summed E-state index contributed by atoms with van der Waals surface area (Å²) in [5.74, 6) is 5.94. The Kier molecular flexibility index (Phi) is 19.4. The average Bonchev–Trinajstić information content (AvgIpc) is 4.37. The van der Waals surface area contributed by atoms with E-state index >= 15 is 0 Å². The van der Waals surface area contributed by atoms with Crippen molar-refractivity contribution >= 4 is 44.6 Å². The maximum Gasteiger partial charge on any atom is 0.169 e. The average molecular weight is 1070 g/mol. The van der Waals surface area contributed by atoms with Crippen LogP contribution in [0.3, 0.4) is 0 Å². The smallest absolute Gasteiger partial charge is 0.169 e. The number of hydrogen-bond acceptors (Lipinski definition) is 18.